The number of imidazole rings is 1. The van der Waals surface area contributed by atoms with E-state index in [1.165, 1.54) is 12.0 Å². The summed E-state index contributed by atoms with van der Waals surface area (Å²) in [6.07, 6.45) is 8.40. The SMILES string of the molecule is CSCC[C@H](NC(=O)c1ccco1)C(=O)N1CCC2(CC1)NCCc1[nH]cnc12. The van der Waals surface area contributed by atoms with Crippen molar-refractivity contribution < 1.29 is 14.0 Å². The lowest BCUT2D eigenvalue weighted by atomic mass is 9.80. The zero-order chi connectivity index (χ0) is 20.3. The minimum atomic E-state index is -0.547. The summed E-state index contributed by atoms with van der Waals surface area (Å²) in [6.45, 7) is 2.20. The maximum Gasteiger partial charge on any atom is 0.287 e. The van der Waals surface area contributed by atoms with Crippen LogP contribution in [0.5, 0.6) is 0 Å². The molecular weight excluding hydrogens is 390 g/mol. The number of fused-ring (bicyclic) bond motifs is 2. The van der Waals surface area contributed by atoms with Gasteiger partial charge in [0.05, 0.1) is 23.8 Å². The molecule has 0 aromatic carbocycles. The molecule has 2 aliphatic heterocycles. The first kappa shape index (κ1) is 20.0. The van der Waals surface area contributed by atoms with Gasteiger partial charge in [0.15, 0.2) is 5.76 Å². The van der Waals surface area contributed by atoms with Crippen molar-refractivity contribution in [3.05, 3.63) is 41.9 Å². The van der Waals surface area contributed by atoms with Gasteiger partial charge in [-0.15, -0.1) is 0 Å². The third-order valence-electron chi connectivity index (χ3n) is 5.90. The van der Waals surface area contributed by atoms with Crippen LogP contribution in [0.3, 0.4) is 0 Å². The van der Waals surface area contributed by atoms with Crippen LogP contribution < -0.4 is 10.6 Å². The molecule has 2 aliphatic rings. The Bertz CT molecular complexity index is 842. The van der Waals surface area contributed by atoms with E-state index >= 15 is 0 Å². The average molecular weight is 418 g/mol. The highest BCUT2D eigenvalue weighted by Crippen LogP contribution is 2.36. The Kier molecular flexibility index (Phi) is 5.96. The number of aromatic amines is 1. The summed E-state index contributed by atoms with van der Waals surface area (Å²) in [4.78, 5) is 35.3. The van der Waals surface area contributed by atoms with Gasteiger partial charge in [0.1, 0.15) is 6.04 Å². The monoisotopic (exact) mass is 417 g/mol. The highest BCUT2D eigenvalue weighted by molar-refractivity contribution is 7.98. The molecule has 0 saturated carbocycles. The number of nitrogens with one attached hydrogen (secondary N) is 3. The lowest BCUT2D eigenvalue weighted by Crippen LogP contribution is -2.57. The molecule has 1 saturated heterocycles. The number of hydrogen-bond acceptors (Lipinski definition) is 6. The highest BCUT2D eigenvalue weighted by Gasteiger charge is 2.42. The molecule has 2 aromatic rings. The predicted octanol–water partition coefficient (Wildman–Crippen LogP) is 1.52. The largest absolute Gasteiger partial charge is 0.459 e. The van der Waals surface area contributed by atoms with Gasteiger partial charge in [-0.1, -0.05) is 0 Å². The molecule has 2 amide bonds. The van der Waals surface area contributed by atoms with E-state index in [9.17, 15) is 9.59 Å². The number of carbonyl (C=O) groups is 2. The highest BCUT2D eigenvalue weighted by atomic mass is 32.2. The van der Waals surface area contributed by atoms with E-state index in [-0.39, 0.29) is 23.1 Å². The van der Waals surface area contributed by atoms with Crippen LogP contribution in [-0.2, 0) is 16.8 Å². The van der Waals surface area contributed by atoms with E-state index in [4.69, 9.17) is 4.42 Å². The summed E-state index contributed by atoms with van der Waals surface area (Å²) in [5, 5.41) is 6.51. The number of piperidine rings is 1. The number of likely N-dealkylation sites (tertiary alicyclic amines) is 1. The van der Waals surface area contributed by atoms with Crippen molar-refractivity contribution in [3.63, 3.8) is 0 Å². The van der Waals surface area contributed by atoms with Crippen LogP contribution in [-0.4, -0.2) is 64.4 Å². The Hall–Kier alpha value is -2.26. The molecule has 2 aromatic heterocycles. The fraction of sp³-hybridized carbons (Fsp3) is 0.550. The van der Waals surface area contributed by atoms with Crippen molar-refractivity contribution in [2.45, 2.75) is 37.3 Å². The van der Waals surface area contributed by atoms with E-state index in [1.807, 2.05) is 11.2 Å². The Morgan fingerprint density at radius 2 is 2.24 bits per heavy atom. The van der Waals surface area contributed by atoms with Crippen LogP contribution in [0.4, 0.5) is 0 Å². The number of aromatic nitrogens is 2. The van der Waals surface area contributed by atoms with Crippen LogP contribution in [0.15, 0.2) is 29.1 Å². The Morgan fingerprint density at radius 1 is 1.41 bits per heavy atom. The van der Waals surface area contributed by atoms with E-state index in [1.54, 1.807) is 30.2 Å². The topological polar surface area (TPSA) is 103 Å². The molecule has 0 bridgehead atoms. The Labute approximate surface area is 174 Å². The second-order valence-electron chi connectivity index (χ2n) is 7.60. The standard InChI is InChI=1S/C20H27N5O3S/c1-29-12-5-15(24-18(26)16-3-2-11-28-16)19(27)25-9-6-20(7-10-25)17-14(4-8-23-20)21-13-22-17/h2-3,11,13,15,23H,4-10,12H2,1H3,(H,21,22)(H,24,26)/t15-/m0/s1. The van der Waals surface area contributed by atoms with Crippen LogP contribution in [0, 0.1) is 0 Å². The molecule has 0 unspecified atom stereocenters. The minimum Gasteiger partial charge on any atom is -0.459 e. The first-order chi connectivity index (χ1) is 14.1. The van der Waals surface area contributed by atoms with Crippen molar-refractivity contribution in [3.8, 4) is 0 Å². The van der Waals surface area contributed by atoms with Gasteiger partial charge >= 0.3 is 0 Å². The second kappa shape index (κ2) is 8.62. The van der Waals surface area contributed by atoms with Crippen LogP contribution in [0.1, 0.15) is 41.2 Å². The smallest absolute Gasteiger partial charge is 0.287 e. The molecule has 4 rings (SSSR count). The number of rotatable bonds is 6. The minimum absolute atomic E-state index is 0.0214. The summed E-state index contributed by atoms with van der Waals surface area (Å²) in [5.41, 5.74) is 2.14. The molecule has 3 N–H and O–H groups in total. The average Bonchev–Trinajstić information content (AvgIpc) is 3.44. The van der Waals surface area contributed by atoms with Gasteiger partial charge in [0.2, 0.25) is 5.91 Å². The van der Waals surface area contributed by atoms with Crippen molar-refractivity contribution in [1.29, 1.82) is 0 Å². The number of thioether (sulfide) groups is 1. The third-order valence-corrected chi connectivity index (χ3v) is 6.54. The van der Waals surface area contributed by atoms with Gasteiger partial charge in [-0.3, -0.25) is 9.59 Å². The Morgan fingerprint density at radius 3 is 2.97 bits per heavy atom. The number of amides is 2. The number of furan rings is 1. The van der Waals surface area contributed by atoms with E-state index in [0.717, 1.165) is 37.3 Å². The molecule has 9 heteroatoms. The number of nitrogens with zero attached hydrogens (tertiary/aromatic N) is 2. The Balaban J connectivity index is 1.42. The first-order valence-corrected chi connectivity index (χ1v) is 11.4. The fourth-order valence-electron chi connectivity index (χ4n) is 4.31. The van der Waals surface area contributed by atoms with Crippen LogP contribution in [0.25, 0.3) is 0 Å². The van der Waals surface area contributed by atoms with Crippen molar-refractivity contribution >= 4 is 23.6 Å². The normalized spacial score (nSPS) is 19.0. The number of carbonyl (C=O) groups excluding carboxylic acids is 2. The third kappa shape index (κ3) is 4.06. The van der Waals surface area contributed by atoms with E-state index < -0.39 is 6.04 Å². The van der Waals surface area contributed by atoms with Crippen molar-refractivity contribution in [1.82, 2.24) is 25.5 Å². The van der Waals surface area contributed by atoms with Crippen molar-refractivity contribution in [2.24, 2.45) is 0 Å². The van der Waals surface area contributed by atoms with Gasteiger partial charge in [-0.25, -0.2) is 4.98 Å². The fourth-order valence-corrected chi connectivity index (χ4v) is 4.78. The molecule has 0 aliphatic carbocycles. The number of hydrogen-bond donors (Lipinski definition) is 3. The maximum absolute atomic E-state index is 13.2. The van der Waals surface area contributed by atoms with Gasteiger partial charge in [0, 0.05) is 31.7 Å². The summed E-state index contributed by atoms with van der Waals surface area (Å²) in [7, 11) is 0. The molecule has 4 heterocycles. The summed E-state index contributed by atoms with van der Waals surface area (Å²) in [6, 6.07) is 2.72. The second-order valence-corrected chi connectivity index (χ2v) is 8.58. The molecule has 1 fully saturated rings. The molecular formula is C20H27N5O3S. The van der Waals surface area contributed by atoms with E-state index in [0.29, 0.717) is 19.5 Å². The van der Waals surface area contributed by atoms with Gasteiger partial charge in [0.25, 0.3) is 5.91 Å². The lowest BCUT2D eigenvalue weighted by molar-refractivity contribution is -0.135. The van der Waals surface area contributed by atoms with E-state index in [2.05, 4.69) is 20.6 Å². The lowest BCUT2D eigenvalue weighted by Gasteiger charge is -2.44. The molecule has 1 spiro atoms. The molecule has 1 atom stereocenters. The molecule has 8 nitrogen and oxygen atoms in total. The predicted molar refractivity (Wildman–Crippen MR) is 111 cm³/mol. The number of H-pyrrole nitrogens is 1. The van der Waals surface area contributed by atoms with Gasteiger partial charge in [-0.05, 0) is 43.4 Å². The molecule has 156 valence electrons. The summed E-state index contributed by atoms with van der Waals surface area (Å²) >= 11 is 1.66. The maximum atomic E-state index is 13.2. The van der Waals surface area contributed by atoms with Crippen LogP contribution >= 0.6 is 11.8 Å². The van der Waals surface area contributed by atoms with Gasteiger partial charge < -0.3 is 24.9 Å². The summed E-state index contributed by atoms with van der Waals surface area (Å²) in [5.74, 6) is 0.650. The molecule has 0 radical (unpaired) electrons. The van der Waals surface area contributed by atoms with Crippen molar-refractivity contribution in [2.75, 3.05) is 31.6 Å². The zero-order valence-corrected chi connectivity index (χ0v) is 17.4. The summed E-state index contributed by atoms with van der Waals surface area (Å²) < 4.78 is 5.17. The first-order valence-electron chi connectivity index (χ1n) is 10.0. The van der Waals surface area contributed by atoms with Gasteiger partial charge in [-0.2, -0.15) is 11.8 Å². The zero-order valence-electron chi connectivity index (χ0n) is 16.6. The quantitative estimate of drug-likeness (QED) is 0.659. The van der Waals surface area contributed by atoms with Crippen LogP contribution in [0.2, 0.25) is 0 Å². The molecule has 29 heavy (non-hydrogen) atoms.